The first-order valence-electron chi connectivity index (χ1n) is 7.93. The van der Waals surface area contributed by atoms with Gasteiger partial charge in [-0.1, -0.05) is 57.4 Å². The summed E-state index contributed by atoms with van der Waals surface area (Å²) in [5.74, 6) is 1.87. The van der Waals surface area contributed by atoms with Crippen molar-refractivity contribution in [2.45, 2.75) is 71.1 Å². The van der Waals surface area contributed by atoms with Gasteiger partial charge in [-0.25, -0.2) is 0 Å². The Kier molecular flexibility index (Phi) is 5.28. The van der Waals surface area contributed by atoms with E-state index in [0.29, 0.717) is 0 Å². The summed E-state index contributed by atoms with van der Waals surface area (Å²) in [7, 11) is 0. The Morgan fingerprint density at radius 2 is 1.67 bits per heavy atom. The maximum absolute atomic E-state index is 2.38. The average molecular weight is 244 g/mol. The van der Waals surface area contributed by atoms with Crippen molar-refractivity contribution < 1.29 is 0 Å². The molecule has 0 bridgehead atoms. The predicted octanol–water partition coefficient (Wildman–Crippen LogP) is 5.71. The Bertz CT molecular complexity index is 345. The van der Waals surface area contributed by atoms with Crippen molar-refractivity contribution in [2.24, 2.45) is 5.92 Å². The van der Waals surface area contributed by atoms with Crippen LogP contribution in [0.4, 0.5) is 0 Å². The minimum Gasteiger partial charge on any atom is -0.0654 e. The Balaban J connectivity index is 2.00. The van der Waals surface area contributed by atoms with Crippen LogP contribution in [-0.2, 0) is 6.42 Å². The summed E-state index contributed by atoms with van der Waals surface area (Å²) in [6.07, 6.45) is 11.1. The fourth-order valence-electron chi connectivity index (χ4n) is 3.60. The van der Waals surface area contributed by atoms with Gasteiger partial charge in [0.1, 0.15) is 0 Å². The van der Waals surface area contributed by atoms with Crippen LogP contribution < -0.4 is 0 Å². The van der Waals surface area contributed by atoms with Crippen LogP contribution in [0.15, 0.2) is 24.3 Å². The van der Waals surface area contributed by atoms with E-state index >= 15 is 0 Å². The zero-order chi connectivity index (χ0) is 12.8. The SMILES string of the molecule is CCCc1ccccc1C1CCC(CCC)CC1. The Morgan fingerprint density at radius 3 is 2.33 bits per heavy atom. The first-order valence-corrected chi connectivity index (χ1v) is 7.93. The summed E-state index contributed by atoms with van der Waals surface area (Å²) in [5.41, 5.74) is 3.27. The molecule has 18 heavy (non-hydrogen) atoms. The predicted molar refractivity (Wildman–Crippen MR) is 80.0 cm³/mol. The van der Waals surface area contributed by atoms with Crippen molar-refractivity contribution in [1.82, 2.24) is 0 Å². The number of benzene rings is 1. The first kappa shape index (κ1) is 13.6. The van der Waals surface area contributed by atoms with Gasteiger partial charge < -0.3 is 0 Å². The Labute approximate surface area is 113 Å². The zero-order valence-corrected chi connectivity index (χ0v) is 12.1. The molecule has 1 aliphatic rings. The van der Waals surface area contributed by atoms with E-state index in [2.05, 4.69) is 38.1 Å². The van der Waals surface area contributed by atoms with E-state index in [1.165, 1.54) is 51.4 Å². The molecule has 0 heterocycles. The van der Waals surface area contributed by atoms with Crippen molar-refractivity contribution in [3.05, 3.63) is 35.4 Å². The molecule has 1 aromatic rings. The van der Waals surface area contributed by atoms with Gasteiger partial charge in [-0.3, -0.25) is 0 Å². The van der Waals surface area contributed by atoms with Crippen molar-refractivity contribution >= 4 is 0 Å². The highest BCUT2D eigenvalue weighted by Crippen LogP contribution is 2.38. The molecule has 0 spiro atoms. The minimum atomic E-state index is 0.848. The highest BCUT2D eigenvalue weighted by Gasteiger charge is 2.22. The molecular weight excluding hydrogens is 216 g/mol. The summed E-state index contributed by atoms with van der Waals surface area (Å²) < 4.78 is 0. The molecule has 0 aliphatic heterocycles. The van der Waals surface area contributed by atoms with Crippen LogP contribution in [0.25, 0.3) is 0 Å². The van der Waals surface area contributed by atoms with Crippen LogP contribution in [0.2, 0.25) is 0 Å². The number of aryl methyl sites for hydroxylation is 1. The molecule has 0 atom stereocenters. The van der Waals surface area contributed by atoms with E-state index < -0.39 is 0 Å². The average Bonchev–Trinajstić information content (AvgIpc) is 2.41. The van der Waals surface area contributed by atoms with Gasteiger partial charge >= 0.3 is 0 Å². The molecule has 0 radical (unpaired) electrons. The lowest BCUT2D eigenvalue weighted by molar-refractivity contribution is 0.307. The minimum absolute atomic E-state index is 0.848. The van der Waals surface area contributed by atoms with Crippen LogP contribution >= 0.6 is 0 Å². The smallest absolute Gasteiger partial charge is 0.0159 e. The zero-order valence-electron chi connectivity index (χ0n) is 12.1. The summed E-state index contributed by atoms with van der Waals surface area (Å²) in [6, 6.07) is 9.16. The molecule has 0 amide bonds. The second-order valence-corrected chi connectivity index (χ2v) is 5.96. The highest BCUT2D eigenvalue weighted by molar-refractivity contribution is 5.30. The summed E-state index contributed by atoms with van der Waals surface area (Å²) >= 11 is 0. The fraction of sp³-hybridized carbons (Fsp3) is 0.667. The van der Waals surface area contributed by atoms with Gasteiger partial charge in [0.25, 0.3) is 0 Å². The largest absolute Gasteiger partial charge is 0.0654 e. The molecule has 2 rings (SSSR count). The normalized spacial score (nSPS) is 24.1. The lowest BCUT2D eigenvalue weighted by atomic mass is 9.76. The van der Waals surface area contributed by atoms with Crippen LogP contribution in [0.1, 0.15) is 75.8 Å². The van der Waals surface area contributed by atoms with E-state index in [9.17, 15) is 0 Å². The molecule has 0 aromatic heterocycles. The van der Waals surface area contributed by atoms with Gasteiger partial charge in [-0.15, -0.1) is 0 Å². The topological polar surface area (TPSA) is 0 Å². The molecule has 0 nitrogen and oxygen atoms in total. The van der Waals surface area contributed by atoms with E-state index in [1.54, 1.807) is 11.1 Å². The van der Waals surface area contributed by atoms with Gasteiger partial charge in [-0.05, 0) is 55.1 Å². The molecule has 0 heteroatoms. The van der Waals surface area contributed by atoms with E-state index in [0.717, 1.165) is 11.8 Å². The van der Waals surface area contributed by atoms with Crippen molar-refractivity contribution in [3.63, 3.8) is 0 Å². The molecule has 100 valence electrons. The third-order valence-corrected chi connectivity index (χ3v) is 4.56. The molecule has 1 aliphatic carbocycles. The third-order valence-electron chi connectivity index (χ3n) is 4.56. The molecule has 0 saturated heterocycles. The number of rotatable bonds is 5. The molecule has 0 unspecified atom stereocenters. The Morgan fingerprint density at radius 1 is 0.944 bits per heavy atom. The van der Waals surface area contributed by atoms with Gasteiger partial charge in [0.2, 0.25) is 0 Å². The van der Waals surface area contributed by atoms with Crippen LogP contribution in [0, 0.1) is 5.92 Å². The quantitative estimate of drug-likeness (QED) is 0.622. The molecule has 1 aromatic carbocycles. The Hall–Kier alpha value is -0.780. The van der Waals surface area contributed by atoms with Gasteiger partial charge in [0.05, 0.1) is 0 Å². The molecular formula is C18H28. The van der Waals surface area contributed by atoms with Crippen molar-refractivity contribution in [1.29, 1.82) is 0 Å². The van der Waals surface area contributed by atoms with Gasteiger partial charge in [0.15, 0.2) is 0 Å². The number of hydrogen-bond donors (Lipinski definition) is 0. The van der Waals surface area contributed by atoms with Crippen molar-refractivity contribution in [2.75, 3.05) is 0 Å². The summed E-state index contributed by atoms with van der Waals surface area (Å²) in [4.78, 5) is 0. The van der Waals surface area contributed by atoms with Crippen molar-refractivity contribution in [3.8, 4) is 0 Å². The van der Waals surface area contributed by atoms with Gasteiger partial charge in [-0.2, -0.15) is 0 Å². The fourth-order valence-corrected chi connectivity index (χ4v) is 3.60. The second-order valence-electron chi connectivity index (χ2n) is 5.96. The number of hydrogen-bond acceptors (Lipinski definition) is 0. The standard InChI is InChI=1S/C18H28/c1-3-7-15-11-13-17(14-12-15)18-10-6-5-9-16(18)8-4-2/h5-6,9-10,15,17H,3-4,7-8,11-14H2,1-2H3. The van der Waals surface area contributed by atoms with E-state index in [4.69, 9.17) is 0 Å². The van der Waals surface area contributed by atoms with Crippen LogP contribution in [-0.4, -0.2) is 0 Å². The lowest BCUT2D eigenvalue weighted by Crippen LogP contribution is -2.14. The molecule has 0 N–H and O–H groups in total. The first-order chi connectivity index (χ1) is 8.85. The summed E-state index contributed by atoms with van der Waals surface area (Å²) in [6.45, 7) is 4.61. The maximum Gasteiger partial charge on any atom is -0.0159 e. The van der Waals surface area contributed by atoms with E-state index in [1.807, 2.05) is 0 Å². The second kappa shape index (κ2) is 6.97. The van der Waals surface area contributed by atoms with Crippen LogP contribution in [0.3, 0.4) is 0 Å². The molecule has 1 saturated carbocycles. The lowest BCUT2D eigenvalue weighted by Gasteiger charge is -2.30. The van der Waals surface area contributed by atoms with Crippen LogP contribution in [0.5, 0.6) is 0 Å². The summed E-state index contributed by atoms with van der Waals surface area (Å²) in [5, 5.41) is 0. The third kappa shape index (κ3) is 3.37. The van der Waals surface area contributed by atoms with E-state index in [-0.39, 0.29) is 0 Å². The highest BCUT2D eigenvalue weighted by atomic mass is 14.3. The molecule has 1 fully saturated rings. The van der Waals surface area contributed by atoms with Gasteiger partial charge in [0, 0.05) is 0 Å². The maximum atomic E-state index is 2.38. The monoisotopic (exact) mass is 244 g/mol.